The van der Waals surface area contributed by atoms with E-state index in [1.165, 1.54) is 17.2 Å². The van der Waals surface area contributed by atoms with Gasteiger partial charge in [0.2, 0.25) is 0 Å². The molecule has 1 unspecified atom stereocenters. The van der Waals surface area contributed by atoms with Gasteiger partial charge in [-0.1, -0.05) is 0 Å². The number of rotatable bonds is 5. The molecule has 0 spiro atoms. The number of pyridine rings is 1. The van der Waals surface area contributed by atoms with Crippen LogP contribution in [0.25, 0.3) is 0 Å². The Bertz CT molecular complexity index is 1060. The second-order valence-corrected chi connectivity index (χ2v) is 8.41. The Labute approximate surface area is 195 Å². The number of nitrogens with zero attached hydrogens (tertiary/aromatic N) is 3. The van der Waals surface area contributed by atoms with E-state index in [4.69, 9.17) is 9.47 Å². The third kappa shape index (κ3) is 5.10. The van der Waals surface area contributed by atoms with E-state index < -0.39 is 30.2 Å². The lowest BCUT2D eigenvalue weighted by Gasteiger charge is -2.34. The molecule has 0 bridgehead atoms. The van der Waals surface area contributed by atoms with Gasteiger partial charge in [0.1, 0.15) is 11.6 Å². The number of amides is 1. The third-order valence-electron chi connectivity index (χ3n) is 6.19. The van der Waals surface area contributed by atoms with Crippen molar-refractivity contribution in [2.45, 2.75) is 31.9 Å². The first kappa shape index (κ1) is 23.8. The summed E-state index contributed by atoms with van der Waals surface area (Å²) in [4.78, 5) is 32.5. The molecule has 182 valence electrons. The van der Waals surface area contributed by atoms with Crippen LogP contribution in [0.15, 0.2) is 36.5 Å². The van der Waals surface area contributed by atoms with Gasteiger partial charge in [0.15, 0.2) is 6.61 Å². The molecule has 4 rings (SSSR count). The Morgan fingerprint density at radius 3 is 2.76 bits per heavy atom. The predicted molar refractivity (Wildman–Crippen MR) is 119 cm³/mol. The minimum Gasteiger partial charge on any atom is -0.497 e. The summed E-state index contributed by atoms with van der Waals surface area (Å²) in [6, 6.07) is 7.71. The standard InChI is InChI=1S/C24H26F3N3O4/c1-33-18-8-9-20-16(13-18)5-4-12-30(20)21(31)15-34-23(32)17-6-3-11-29(14-17)22-19(24(25,26)27)7-2-10-28-22/h2,7-10,13,17H,3-6,11-12,14-15H2,1H3. The fourth-order valence-corrected chi connectivity index (χ4v) is 4.52. The van der Waals surface area contributed by atoms with E-state index in [-0.39, 0.29) is 18.3 Å². The van der Waals surface area contributed by atoms with Gasteiger partial charge in [0.05, 0.1) is 18.6 Å². The largest absolute Gasteiger partial charge is 0.497 e. The van der Waals surface area contributed by atoms with Gasteiger partial charge in [-0.2, -0.15) is 13.2 Å². The summed E-state index contributed by atoms with van der Waals surface area (Å²) in [5.41, 5.74) is 0.926. The Balaban J connectivity index is 1.38. The van der Waals surface area contributed by atoms with Crippen LogP contribution in [0.3, 0.4) is 0 Å². The number of piperidine rings is 1. The zero-order valence-corrected chi connectivity index (χ0v) is 18.8. The maximum Gasteiger partial charge on any atom is 0.419 e. The maximum atomic E-state index is 13.4. The SMILES string of the molecule is COc1ccc2c(c1)CCCN2C(=O)COC(=O)C1CCCN(c2ncccc2C(F)(F)F)C1. The number of methoxy groups -OCH3 is 1. The number of aryl methyl sites for hydroxylation is 1. The van der Waals surface area contributed by atoms with Crippen LogP contribution in [0, 0.1) is 5.92 Å². The second kappa shape index (κ2) is 9.90. The van der Waals surface area contributed by atoms with Crippen molar-refractivity contribution < 1.29 is 32.2 Å². The molecular formula is C24H26F3N3O4. The molecule has 2 aromatic rings. The van der Waals surface area contributed by atoms with Gasteiger partial charge < -0.3 is 19.3 Å². The number of carbonyl (C=O) groups is 2. The van der Waals surface area contributed by atoms with E-state index in [1.54, 1.807) is 18.1 Å². The van der Waals surface area contributed by atoms with E-state index >= 15 is 0 Å². The van der Waals surface area contributed by atoms with E-state index in [9.17, 15) is 22.8 Å². The highest BCUT2D eigenvalue weighted by Gasteiger charge is 2.37. The molecule has 1 fully saturated rings. The molecule has 1 saturated heterocycles. The zero-order valence-electron chi connectivity index (χ0n) is 18.8. The third-order valence-corrected chi connectivity index (χ3v) is 6.19. The number of halogens is 3. The predicted octanol–water partition coefficient (Wildman–Crippen LogP) is 3.85. The quantitative estimate of drug-likeness (QED) is 0.610. The van der Waals surface area contributed by atoms with Crippen molar-refractivity contribution in [1.82, 2.24) is 4.98 Å². The number of ether oxygens (including phenoxy) is 2. The van der Waals surface area contributed by atoms with Crippen molar-refractivity contribution in [1.29, 1.82) is 0 Å². The number of hydrogen-bond donors (Lipinski definition) is 0. The smallest absolute Gasteiger partial charge is 0.419 e. The Hall–Kier alpha value is -3.30. The Morgan fingerprint density at radius 1 is 1.18 bits per heavy atom. The highest BCUT2D eigenvalue weighted by molar-refractivity contribution is 5.96. The molecule has 0 N–H and O–H groups in total. The van der Waals surface area contributed by atoms with Crippen molar-refractivity contribution in [3.63, 3.8) is 0 Å². The molecule has 34 heavy (non-hydrogen) atoms. The molecule has 0 saturated carbocycles. The highest BCUT2D eigenvalue weighted by Crippen LogP contribution is 2.36. The molecular weight excluding hydrogens is 451 g/mol. The summed E-state index contributed by atoms with van der Waals surface area (Å²) in [6.45, 7) is 0.515. The Kier molecular flexibility index (Phi) is 6.95. The molecule has 10 heteroatoms. The van der Waals surface area contributed by atoms with Gasteiger partial charge in [-0.25, -0.2) is 4.98 Å². The summed E-state index contributed by atoms with van der Waals surface area (Å²) in [6.07, 6.45) is -0.646. The van der Waals surface area contributed by atoms with E-state index in [0.29, 0.717) is 31.7 Å². The molecule has 3 heterocycles. The van der Waals surface area contributed by atoms with Crippen molar-refractivity contribution in [2.75, 3.05) is 43.2 Å². The van der Waals surface area contributed by atoms with Crippen LogP contribution < -0.4 is 14.5 Å². The minimum atomic E-state index is -4.54. The van der Waals surface area contributed by atoms with Crippen LogP contribution >= 0.6 is 0 Å². The number of fused-ring (bicyclic) bond motifs is 1. The molecule has 0 radical (unpaired) electrons. The van der Waals surface area contributed by atoms with Crippen molar-refractivity contribution in [3.8, 4) is 5.75 Å². The maximum absolute atomic E-state index is 13.4. The van der Waals surface area contributed by atoms with Crippen molar-refractivity contribution >= 4 is 23.4 Å². The average Bonchev–Trinajstić information content (AvgIpc) is 2.85. The highest BCUT2D eigenvalue weighted by atomic mass is 19.4. The van der Waals surface area contributed by atoms with Crippen LogP contribution in [0.4, 0.5) is 24.7 Å². The lowest BCUT2D eigenvalue weighted by molar-refractivity contribution is -0.152. The number of alkyl halides is 3. The molecule has 1 atom stereocenters. The lowest BCUT2D eigenvalue weighted by atomic mass is 9.97. The van der Waals surface area contributed by atoms with Crippen LogP contribution in [-0.2, 0) is 26.9 Å². The molecule has 7 nitrogen and oxygen atoms in total. The van der Waals surface area contributed by atoms with E-state index in [1.807, 2.05) is 12.1 Å². The fraction of sp³-hybridized carbons (Fsp3) is 0.458. The summed E-state index contributed by atoms with van der Waals surface area (Å²) in [5, 5.41) is 0. The van der Waals surface area contributed by atoms with Gasteiger partial charge in [-0.15, -0.1) is 0 Å². The summed E-state index contributed by atoms with van der Waals surface area (Å²) >= 11 is 0. The molecule has 2 aliphatic rings. The number of aromatic nitrogens is 1. The second-order valence-electron chi connectivity index (χ2n) is 8.41. The van der Waals surface area contributed by atoms with Gasteiger partial charge in [0.25, 0.3) is 5.91 Å². The molecule has 1 amide bonds. The minimum absolute atomic E-state index is 0.0550. The summed E-state index contributed by atoms with van der Waals surface area (Å²) in [7, 11) is 1.58. The number of anilines is 2. The van der Waals surface area contributed by atoms with Crippen LogP contribution in [0.2, 0.25) is 0 Å². The first-order valence-electron chi connectivity index (χ1n) is 11.2. The van der Waals surface area contributed by atoms with Crippen LogP contribution in [-0.4, -0.2) is 50.2 Å². The van der Waals surface area contributed by atoms with Crippen molar-refractivity contribution in [3.05, 3.63) is 47.7 Å². The van der Waals surface area contributed by atoms with Crippen LogP contribution in [0.1, 0.15) is 30.4 Å². The molecule has 0 aliphatic carbocycles. The number of carbonyl (C=O) groups excluding carboxylic acids is 2. The average molecular weight is 477 g/mol. The number of benzene rings is 1. The van der Waals surface area contributed by atoms with Crippen molar-refractivity contribution in [2.24, 2.45) is 5.92 Å². The van der Waals surface area contributed by atoms with Gasteiger partial charge >= 0.3 is 12.1 Å². The van der Waals surface area contributed by atoms with Gasteiger partial charge in [0, 0.05) is 31.5 Å². The Morgan fingerprint density at radius 2 is 2.00 bits per heavy atom. The number of esters is 1. The van der Waals surface area contributed by atoms with E-state index in [2.05, 4.69) is 4.98 Å². The molecule has 2 aliphatic heterocycles. The first-order chi connectivity index (χ1) is 16.3. The summed E-state index contributed by atoms with van der Waals surface area (Å²) < 4.78 is 50.7. The molecule has 1 aromatic heterocycles. The number of hydrogen-bond acceptors (Lipinski definition) is 6. The molecule has 1 aromatic carbocycles. The summed E-state index contributed by atoms with van der Waals surface area (Å²) in [5.74, 6) is -1.04. The first-order valence-corrected chi connectivity index (χ1v) is 11.2. The van der Waals surface area contributed by atoms with Gasteiger partial charge in [-0.3, -0.25) is 9.59 Å². The monoisotopic (exact) mass is 477 g/mol. The lowest BCUT2D eigenvalue weighted by Crippen LogP contribution is -2.42. The topological polar surface area (TPSA) is 72.0 Å². The van der Waals surface area contributed by atoms with Gasteiger partial charge in [-0.05, 0) is 61.6 Å². The normalized spacial score (nSPS) is 18.3. The fourth-order valence-electron chi connectivity index (χ4n) is 4.52. The van der Waals surface area contributed by atoms with Crippen LogP contribution in [0.5, 0.6) is 5.75 Å². The van der Waals surface area contributed by atoms with E-state index in [0.717, 1.165) is 30.2 Å². The zero-order chi connectivity index (χ0) is 24.3.